The number of likely N-dealkylation sites (N-methyl/N-ethyl adjacent to an activating group) is 1. The summed E-state index contributed by atoms with van der Waals surface area (Å²) >= 11 is 7.75. The number of pyridine rings is 1. The Kier molecular flexibility index (Phi) is 5.23. The van der Waals surface area contributed by atoms with E-state index < -0.39 is 0 Å². The average Bonchev–Trinajstić information content (AvgIpc) is 2.97. The first-order chi connectivity index (χ1) is 9.22. The number of anilines is 1. The minimum absolute atomic E-state index is 0.543. The second-order valence-electron chi connectivity index (χ2n) is 4.56. The highest BCUT2D eigenvalue weighted by Crippen LogP contribution is 2.17. The number of aryl methyl sites for hydroxylation is 1. The van der Waals surface area contributed by atoms with Gasteiger partial charge in [-0.05, 0) is 42.0 Å². The second-order valence-corrected chi connectivity index (χ2v) is 5.86. The number of hydrogen-bond acceptors (Lipinski definition) is 3. The third-order valence-corrected chi connectivity index (χ3v) is 4.35. The van der Waals surface area contributed by atoms with Crippen molar-refractivity contribution in [1.29, 1.82) is 0 Å². The minimum Gasteiger partial charge on any atom is -0.359 e. The summed E-state index contributed by atoms with van der Waals surface area (Å²) in [4.78, 5) is 8.29. The molecule has 0 aliphatic heterocycles. The summed E-state index contributed by atoms with van der Waals surface area (Å²) < 4.78 is 0. The van der Waals surface area contributed by atoms with Crippen molar-refractivity contribution in [3.8, 4) is 0 Å². The van der Waals surface area contributed by atoms with E-state index in [2.05, 4.69) is 53.5 Å². The van der Waals surface area contributed by atoms with Crippen LogP contribution in [-0.4, -0.2) is 18.6 Å². The first-order valence-electron chi connectivity index (χ1n) is 6.52. The van der Waals surface area contributed by atoms with Gasteiger partial charge in [-0.15, -0.1) is 22.9 Å². The van der Waals surface area contributed by atoms with Crippen LogP contribution >= 0.6 is 22.9 Å². The highest BCUT2D eigenvalue weighted by molar-refractivity contribution is 7.09. The van der Waals surface area contributed by atoms with Crippen LogP contribution < -0.4 is 4.90 Å². The van der Waals surface area contributed by atoms with Crippen LogP contribution in [0.4, 0.5) is 5.82 Å². The molecule has 0 amide bonds. The van der Waals surface area contributed by atoms with Gasteiger partial charge in [-0.25, -0.2) is 4.98 Å². The first kappa shape index (κ1) is 14.4. The molecule has 0 aliphatic carbocycles. The monoisotopic (exact) mass is 294 g/mol. The van der Waals surface area contributed by atoms with E-state index >= 15 is 0 Å². The molecule has 0 radical (unpaired) electrons. The standard InChI is InChI=1S/C15H19ClN2S/c1-3-13-9-12(11-16)10-15(17-13)18(2)7-6-14-5-4-8-19-14/h4-5,8-10H,3,6-7,11H2,1-2H3. The Labute approximate surface area is 124 Å². The molecule has 0 saturated carbocycles. The predicted octanol–water partition coefficient (Wildman–Crippen LogP) is 4.12. The molecule has 0 saturated heterocycles. The minimum atomic E-state index is 0.543. The zero-order valence-corrected chi connectivity index (χ0v) is 13.0. The van der Waals surface area contributed by atoms with E-state index in [9.17, 15) is 0 Å². The molecule has 0 fully saturated rings. The van der Waals surface area contributed by atoms with Crippen molar-refractivity contribution in [3.63, 3.8) is 0 Å². The molecular formula is C15H19ClN2S. The smallest absolute Gasteiger partial charge is 0.128 e. The number of nitrogens with zero attached hydrogens (tertiary/aromatic N) is 2. The molecule has 0 spiro atoms. The van der Waals surface area contributed by atoms with Crippen molar-refractivity contribution >= 4 is 28.8 Å². The molecule has 19 heavy (non-hydrogen) atoms. The molecule has 0 aromatic carbocycles. The van der Waals surface area contributed by atoms with Crippen molar-refractivity contribution in [3.05, 3.63) is 45.8 Å². The molecule has 0 N–H and O–H groups in total. The summed E-state index contributed by atoms with van der Waals surface area (Å²) in [6.45, 7) is 3.10. The Balaban J connectivity index is 2.07. The van der Waals surface area contributed by atoms with Crippen molar-refractivity contribution in [2.24, 2.45) is 0 Å². The lowest BCUT2D eigenvalue weighted by Gasteiger charge is -2.19. The number of rotatable bonds is 6. The maximum Gasteiger partial charge on any atom is 0.128 e. The maximum atomic E-state index is 5.95. The van der Waals surface area contributed by atoms with Crippen LogP contribution in [0.1, 0.15) is 23.1 Å². The molecular weight excluding hydrogens is 276 g/mol. The van der Waals surface area contributed by atoms with Crippen molar-refractivity contribution in [2.45, 2.75) is 25.6 Å². The lowest BCUT2D eigenvalue weighted by Crippen LogP contribution is -2.21. The van der Waals surface area contributed by atoms with Gasteiger partial charge in [0, 0.05) is 30.0 Å². The first-order valence-corrected chi connectivity index (χ1v) is 7.93. The largest absolute Gasteiger partial charge is 0.359 e. The van der Waals surface area contributed by atoms with Gasteiger partial charge in [-0.3, -0.25) is 0 Å². The van der Waals surface area contributed by atoms with Crippen molar-refractivity contribution in [1.82, 2.24) is 4.98 Å². The molecule has 0 aliphatic rings. The summed E-state index contributed by atoms with van der Waals surface area (Å²) in [6.07, 6.45) is 2.00. The number of halogens is 1. The van der Waals surface area contributed by atoms with Crippen molar-refractivity contribution in [2.75, 3.05) is 18.5 Å². The van der Waals surface area contributed by atoms with Crippen LogP contribution in [0.25, 0.3) is 0 Å². The van der Waals surface area contributed by atoms with E-state index in [-0.39, 0.29) is 0 Å². The van der Waals surface area contributed by atoms with E-state index in [0.29, 0.717) is 5.88 Å². The zero-order valence-electron chi connectivity index (χ0n) is 11.4. The summed E-state index contributed by atoms with van der Waals surface area (Å²) in [5.41, 5.74) is 2.25. The van der Waals surface area contributed by atoms with Gasteiger partial charge < -0.3 is 4.90 Å². The molecule has 2 aromatic heterocycles. The van der Waals surface area contributed by atoms with Gasteiger partial charge >= 0.3 is 0 Å². The Morgan fingerprint density at radius 1 is 1.37 bits per heavy atom. The van der Waals surface area contributed by atoms with Crippen LogP contribution in [0.15, 0.2) is 29.6 Å². The summed E-state index contributed by atoms with van der Waals surface area (Å²) in [7, 11) is 2.09. The van der Waals surface area contributed by atoms with Crippen molar-refractivity contribution < 1.29 is 0 Å². The lowest BCUT2D eigenvalue weighted by molar-refractivity contribution is 0.857. The molecule has 102 valence electrons. The summed E-state index contributed by atoms with van der Waals surface area (Å²) in [5, 5.41) is 2.12. The molecule has 2 heterocycles. The van der Waals surface area contributed by atoms with Gasteiger partial charge in [-0.2, -0.15) is 0 Å². The maximum absolute atomic E-state index is 5.95. The fraction of sp³-hybridized carbons (Fsp3) is 0.400. The van der Waals surface area contributed by atoms with Crippen LogP contribution in [0.5, 0.6) is 0 Å². The second kappa shape index (κ2) is 6.92. The van der Waals surface area contributed by atoms with Crippen LogP contribution in [0.2, 0.25) is 0 Å². The lowest BCUT2D eigenvalue weighted by atomic mass is 10.2. The number of thiophene rings is 1. The Bertz CT molecular complexity index is 489. The summed E-state index contributed by atoms with van der Waals surface area (Å²) in [5.74, 6) is 1.56. The van der Waals surface area contributed by atoms with Crippen LogP contribution in [0, 0.1) is 0 Å². The third kappa shape index (κ3) is 3.95. The third-order valence-electron chi connectivity index (χ3n) is 3.11. The molecule has 0 unspecified atom stereocenters. The Hall–Kier alpha value is -1.06. The van der Waals surface area contributed by atoms with Gasteiger partial charge in [0.15, 0.2) is 0 Å². The zero-order chi connectivity index (χ0) is 13.7. The molecule has 4 heteroatoms. The topological polar surface area (TPSA) is 16.1 Å². The molecule has 2 aromatic rings. The quantitative estimate of drug-likeness (QED) is 0.745. The van der Waals surface area contributed by atoms with Gasteiger partial charge in [0.25, 0.3) is 0 Å². The highest BCUT2D eigenvalue weighted by Gasteiger charge is 2.07. The molecule has 0 atom stereocenters. The fourth-order valence-electron chi connectivity index (χ4n) is 1.93. The average molecular weight is 295 g/mol. The summed E-state index contributed by atoms with van der Waals surface area (Å²) in [6, 6.07) is 8.45. The van der Waals surface area contributed by atoms with E-state index in [1.807, 2.05) is 11.3 Å². The van der Waals surface area contributed by atoms with Gasteiger partial charge in [0.05, 0.1) is 0 Å². The van der Waals surface area contributed by atoms with E-state index in [1.54, 1.807) is 0 Å². The molecule has 2 rings (SSSR count). The fourth-order valence-corrected chi connectivity index (χ4v) is 2.79. The highest BCUT2D eigenvalue weighted by atomic mass is 35.5. The number of alkyl halides is 1. The van der Waals surface area contributed by atoms with Crippen LogP contribution in [-0.2, 0) is 18.7 Å². The van der Waals surface area contributed by atoms with E-state index in [4.69, 9.17) is 11.6 Å². The Morgan fingerprint density at radius 3 is 2.84 bits per heavy atom. The van der Waals surface area contributed by atoms with Crippen LogP contribution in [0.3, 0.4) is 0 Å². The normalized spacial score (nSPS) is 10.7. The number of aromatic nitrogens is 1. The van der Waals surface area contributed by atoms with Gasteiger partial charge in [-0.1, -0.05) is 13.0 Å². The Morgan fingerprint density at radius 2 is 2.21 bits per heavy atom. The molecule has 2 nitrogen and oxygen atoms in total. The number of hydrogen-bond donors (Lipinski definition) is 0. The van der Waals surface area contributed by atoms with E-state index in [0.717, 1.165) is 36.5 Å². The van der Waals surface area contributed by atoms with Gasteiger partial charge in [0.2, 0.25) is 0 Å². The SMILES string of the molecule is CCc1cc(CCl)cc(N(C)CCc2cccs2)n1. The predicted molar refractivity (Wildman–Crippen MR) is 84.5 cm³/mol. The molecule has 0 bridgehead atoms. The van der Waals surface area contributed by atoms with E-state index in [1.165, 1.54) is 4.88 Å². The van der Waals surface area contributed by atoms with Gasteiger partial charge in [0.1, 0.15) is 5.82 Å².